The Balaban J connectivity index is 1.93. The maximum absolute atomic E-state index is 5.92. The Bertz CT molecular complexity index is 567. The fourth-order valence-electron chi connectivity index (χ4n) is 2.43. The normalized spacial score (nSPS) is 10.6. The van der Waals surface area contributed by atoms with Crippen LogP contribution in [0, 0.1) is 13.8 Å². The quantitative estimate of drug-likeness (QED) is 0.791. The SMILES string of the molecule is CNCc1c(C)cc(C)nc1OCCCc1ccccc1. The summed E-state index contributed by atoms with van der Waals surface area (Å²) in [6, 6.07) is 12.6. The number of nitrogens with one attached hydrogen (secondary N) is 1. The van der Waals surface area contributed by atoms with E-state index in [9.17, 15) is 0 Å². The Morgan fingerprint density at radius 3 is 2.62 bits per heavy atom. The van der Waals surface area contributed by atoms with Crippen molar-refractivity contribution in [3.63, 3.8) is 0 Å². The minimum Gasteiger partial charge on any atom is -0.477 e. The van der Waals surface area contributed by atoms with E-state index in [1.807, 2.05) is 20.0 Å². The molecule has 0 atom stereocenters. The van der Waals surface area contributed by atoms with Crippen LogP contribution in [0.1, 0.15) is 28.8 Å². The summed E-state index contributed by atoms with van der Waals surface area (Å²) in [5.74, 6) is 0.773. The minimum atomic E-state index is 0.696. The molecular weight excluding hydrogens is 260 g/mol. The summed E-state index contributed by atoms with van der Waals surface area (Å²) in [6.07, 6.45) is 2.03. The number of aromatic nitrogens is 1. The van der Waals surface area contributed by atoms with Crippen molar-refractivity contribution in [1.29, 1.82) is 0 Å². The van der Waals surface area contributed by atoms with Gasteiger partial charge < -0.3 is 10.1 Å². The molecule has 2 rings (SSSR count). The molecule has 0 fully saturated rings. The van der Waals surface area contributed by atoms with E-state index in [4.69, 9.17) is 4.74 Å². The minimum absolute atomic E-state index is 0.696. The number of hydrogen-bond acceptors (Lipinski definition) is 3. The van der Waals surface area contributed by atoms with E-state index in [-0.39, 0.29) is 0 Å². The van der Waals surface area contributed by atoms with Crippen LogP contribution in [0.25, 0.3) is 0 Å². The molecule has 0 spiro atoms. The van der Waals surface area contributed by atoms with Gasteiger partial charge in [-0.3, -0.25) is 0 Å². The molecule has 2 aromatic rings. The van der Waals surface area contributed by atoms with E-state index in [0.29, 0.717) is 6.61 Å². The number of nitrogens with zero attached hydrogens (tertiary/aromatic N) is 1. The van der Waals surface area contributed by atoms with E-state index in [0.717, 1.165) is 36.5 Å². The molecule has 0 amide bonds. The summed E-state index contributed by atoms with van der Waals surface area (Å²) >= 11 is 0. The summed E-state index contributed by atoms with van der Waals surface area (Å²) in [6.45, 7) is 5.60. The smallest absolute Gasteiger partial charge is 0.218 e. The van der Waals surface area contributed by atoms with Crippen LogP contribution in [-0.4, -0.2) is 18.6 Å². The average molecular weight is 284 g/mol. The highest BCUT2D eigenvalue weighted by Crippen LogP contribution is 2.21. The first-order valence-corrected chi connectivity index (χ1v) is 7.49. The highest BCUT2D eigenvalue weighted by atomic mass is 16.5. The highest BCUT2D eigenvalue weighted by Gasteiger charge is 2.09. The Labute approximate surface area is 127 Å². The molecule has 0 aliphatic carbocycles. The van der Waals surface area contributed by atoms with Gasteiger partial charge in [0, 0.05) is 17.8 Å². The van der Waals surface area contributed by atoms with Crippen LogP contribution >= 0.6 is 0 Å². The van der Waals surface area contributed by atoms with Crippen LogP contribution in [0.3, 0.4) is 0 Å². The van der Waals surface area contributed by atoms with Gasteiger partial charge in [-0.1, -0.05) is 30.3 Å². The van der Waals surface area contributed by atoms with Crippen LogP contribution in [0.5, 0.6) is 5.88 Å². The van der Waals surface area contributed by atoms with Crippen molar-refractivity contribution in [1.82, 2.24) is 10.3 Å². The molecule has 1 aromatic heterocycles. The zero-order valence-electron chi connectivity index (χ0n) is 13.1. The molecule has 1 aromatic carbocycles. The standard InChI is InChI=1S/C18H24N2O/c1-14-12-15(2)20-18(17(14)13-19-3)21-11-7-10-16-8-5-4-6-9-16/h4-6,8-9,12,19H,7,10-11,13H2,1-3H3. The Morgan fingerprint density at radius 1 is 1.14 bits per heavy atom. The van der Waals surface area contributed by atoms with Crippen LogP contribution in [0.2, 0.25) is 0 Å². The van der Waals surface area contributed by atoms with Crippen molar-refractivity contribution in [3.05, 3.63) is 58.8 Å². The van der Waals surface area contributed by atoms with Gasteiger partial charge in [0.15, 0.2) is 0 Å². The third-order valence-corrected chi connectivity index (χ3v) is 3.48. The monoisotopic (exact) mass is 284 g/mol. The molecule has 3 heteroatoms. The third kappa shape index (κ3) is 4.57. The number of pyridine rings is 1. The highest BCUT2D eigenvalue weighted by molar-refractivity contribution is 5.35. The zero-order chi connectivity index (χ0) is 15.1. The summed E-state index contributed by atoms with van der Waals surface area (Å²) in [4.78, 5) is 4.53. The zero-order valence-corrected chi connectivity index (χ0v) is 13.1. The fourth-order valence-corrected chi connectivity index (χ4v) is 2.43. The molecule has 0 unspecified atom stereocenters. The van der Waals surface area contributed by atoms with Gasteiger partial charge in [0.05, 0.1) is 6.61 Å². The fraction of sp³-hybridized carbons (Fsp3) is 0.389. The van der Waals surface area contributed by atoms with Crippen molar-refractivity contribution in [2.75, 3.05) is 13.7 Å². The lowest BCUT2D eigenvalue weighted by Gasteiger charge is -2.13. The molecule has 0 aliphatic heterocycles. The van der Waals surface area contributed by atoms with Crippen molar-refractivity contribution < 1.29 is 4.74 Å². The van der Waals surface area contributed by atoms with Gasteiger partial charge in [0.1, 0.15) is 0 Å². The number of aryl methyl sites for hydroxylation is 3. The number of ether oxygens (including phenoxy) is 1. The molecule has 0 saturated carbocycles. The Kier molecular flexibility index (Phi) is 5.76. The van der Waals surface area contributed by atoms with E-state index in [1.54, 1.807) is 0 Å². The molecule has 0 radical (unpaired) electrons. The lowest BCUT2D eigenvalue weighted by molar-refractivity contribution is 0.294. The summed E-state index contributed by atoms with van der Waals surface area (Å²) in [7, 11) is 1.94. The van der Waals surface area contributed by atoms with Gasteiger partial charge in [-0.2, -0.15) is 0 Å². The molecular formula is C18H24N2O. The first-order chi connectivity index (χ1) is 10.2. The molecule has 1 heterocycles. The molecule has 1 N–H and O–H groups in total. The second kappa shape index (κ2) is 7.79. The van der Waals surface area contributed by atoms with Gasteiger partial charge >= 0.3 is 0 Å². The largest absolute Gasteiger partial charge is 0.477 e. The molecule has 21 heavy (non-hydrogen) atoms. The molecule has 0 bridgehead atoms. The van der Waals surface area contributed by atoms with Crippen LogP contribution in [0.15, 0.2) is 36.4 Å². The number of rotatable bonds is 7. The van der Waals surface area contributed by atoms with Crippen molar-refractivity contribution in [3.8, 4) is 5.88 Å². The van der Waals surface area contributed by atoms with Crippen LogP contribution in [0.4, 0.5) is 0 Å². The molecule has 0 saturated heterocycles. The summed E-state index contributed by atoms with van der Waals surface area (Å²) in [5.41, 5.74) is 4.74. The second-order valence-electron chi connectivity index (χ2n) is 5.33. The molecule has 3 nitrogen and oxygen atoms in total. The van der Waals surface area contributed by atoms with Gasteiger partial charge in [-0.15, -0.1) is 0 Å². The lowest BCUT2D eigenvalue weighted by Crippen LogP contribution is -2.12. The predicted molar refractivity (Wildman–Crippen MR) is 86.7 cm³/mol. The van der Waals surface area contributed by atoms with Gasteiger partial charge in [-0.05, 0) is 50.9 Å². The maximum Gasteiger partial charge on any atom is 0.218 e. The van der Waals surface area contributed by atoms with E-state index in [1.165, 1.54) is 11.1 Å². The number of benzene rings is 1. The predicted octanol–water partition coefficient (Wildman–Crippen LogP) is 3.43. The van der Waals surface area contributed by atoms with E-state index >= 15 is 0 Å². The summed E-state index contributed by atoms with van der Waals surface area (Å²) in [5, 5.41) is 3.18. The topological polar surface area (TPSA) is 34.2 Å². The van der Waals surface area contributed by atoms with Crippen molar-refractivity contribution >= 4 is 0 Å². The van der Waals surface area contributed by atoms with E-state index < -0.39 is 0 Å². The Morgan fingerprint density at radius 2 is 1.90 bits per heavy atom. The van der Waals surface area contributed by atoms with Crippen LogP contribution in [-0.2, 0) is 13.0 Å². The van der Waals surface area contributed by atoms with Crippen molar-refractivity contribution in [2.45, 2.75) is 33.2 Å². The van der Waals surface area contributed by atoms with E-state index in [2.05, 4.69) is 47.6 Å². The number of hydrogen-bond donors (Lipinski definition) is 1. The van der Waals surface area contributed by atoms with Crippen LogP contribution < -0.4 is 10.1 Å². The average Bonchev–Trinajstić information content (AvgIpc) is 2.48. The molecule has 112 valence electrons. The summed E-state index contributed by atoms with van der Waals surface area (Å²) < 4.78 is 5.92. The maximum atomic E-state index is 5.92. The van der Waals surface area contributed by atoms with Gasteiger partial charge in [0.25, 0.3) is 0 Å². The first kappa shape index (κ1) is 15.5. The van der Waals surface area contributed by atoms with Gasteiger partial charge in [0.2, 0.25) is 5.88 Å². The van der Waals surface area contributed by atoms with Crippen molar-refractivity contribution in [2.24, 2.45) is 0 Å². The molecule has 0 aliphatic rings. The third-order valence-electron chi connectivity index (χ3n) is 3.48. The Hall–Kier alpha value is -1.87. The lowest BCUT2D eigenvalue weighted by atomic mass is 10.1. The van der Waals surface area contributed by atoms with Gasteiger partial charge in [-0.25, -0.2) is 4.98 Å². The first-order valence-electron chi connectivity index (χ1n) is 7.49. The second-order valence-corrected chi connectivity index (χ2v) is 5.33.